The lowest BCUT2D eigenvalue weighted by Crippen LogP contribution is -2.21. The summed E-state index contributed by atoms with van der Waals surface area (Å²) in [6.07, 6.45) is 0. The third-order valence-electron chi connectivity index (χ3n) is 3.58. The first-order valence-electron chi connectivity index (χ1n) is 7.56. The quantitative estimate of drug-likeness (QED) is 0.479. The third-order valence-corrected chi connectivity index (χ3v) is 3.58. The standard InChI is InChI=1S/C17H14N2O7/c1-10(20)13-6-15-16(26-9-25-15)7-14(13)18-17(21)8-24-12-4-2-11(3-5-12)19(22)23/h2-7H,8-9H2,1H3,(H,18,21). The summed E-state index contributed by atoms with van der Waals surface area (Å²) >= 11 is 0. The number of ketones is 1. The van der Waals surface area contributed by atoms with Crippen LogP contribution in [0.1, 0.15) is 17.3 Å². The summed E-state index contributed by atoms with van der Waals surface area (Å²) < 4.78 is 15.8. The van der Waals surface area contributed by atoms with E-state index in [0.717, 1.165) is 0 Å². The van der Waals surface area contributed by atoms with Crippen LogP contribution >= 0.6 is 0 Å². The number of non-ortho nitro benzene ring substituents is 1. The average molecular weight is 358 g/mol. The van der Waals surface area contributed by atoms with Crippen LogP contribution in [0.5, 0.6) is 17.2 Å². The highest BCUT2D eigenvalue weighted by Crippen LogP contribution is 2.37. The molecule has 0 radical (unpaired) electrons. The highest BCUT2D eigenvalue weighted by Gasteiger charge is 2.20. The Kier molecular flexibility index (Phi) is 4.70. The van der Waals surface area contributed by atoms with E-state index in [0.29, 0.717) is 22.9 Å². The van der Waals surface area contributed by atoms with Gasteiger partial charge in [-0.05, 0) is 25.1 Å². The molecule has 1 heterocycles. The van der Waals surface area contributed by atoms with Crippen LogP contribution in [0, 0.1) is 10.1 Å². The van der Waals surface area contributed by atoms with E-state index >= 15 is 0 Å². The first-order chi connectivity index (χ1) is 12.4. The number of fused-ring (bicyclic) bond motifs is 1. The molecule has 0 atom stereocenters. The topological polar surface area (TPSA) is 117 Å². The second kappa shape index (κ2) is 7.09. The van der Waals surface area contributed by atoms with Gasteiger partial charge in [-0.1, -0.05) is 0 Å². The third kappa shape index (κ3) is 3.72. The van der Waals surface area contributed by atoms with Crippen molar-refractivity contribution in [2.24, 2.45) is 0 Å². The maximum Gasteiger partial charge on any atom is 0.269 e. The maximum absolute atomic E-state index is 12.1. The Morgan fingerprint density at radius 3 is 2.46 bits per heavy atom. The molecule has 1 N–H and O–H groups in total. The van der Waals surface area contributed by atoms with Gasteiger partial charge in [-0.3, -0.25) is 19.7 Å². The van der Waals surface area contributed by atoms with E-state index in [1.165, 1.54) is 43.3 Å². The number of hydrogen-bond donors (Lipinski definition) is 1. The van der Waals surface area contributed by atoms with Gasteiger partial charge in [0, 0.05) is 23.8 Å². The van der Waals surface area contributed by atoms with Crippen molar-refractivity contribution in [2.45, 2.75) is 6.92 Å². The Morgan fingerprint density at radius 1 is 1.19 bits per heavy atom. The molecule has 3 rings (SSSR count). The lowest BCUT2D eigenvalue weighted by Gasteiger charge is -2.11. The number of anilines is 1. The Hall–Kier alpha value is -3.62. The van der Waals surface area contributed by atoms with Crippen LogP contribution in [0.15, 0.2) is 36.4 Å². The normalized spacial score (nSPS) is 11.7. The Morgan fingerprint density at radius 2 is 1.85 bits per heavy atom. The molecule has 134 valence electrons. The number of carbonyl (C=O) groups is 2. The van der Waals surface area contributed by atoms with Gasteiger partial charge in [0.1, 0.15) is 5.75 Å². The second-order valence-corrected chi connectivity index (χ2v) is 5.40. The molecule has 0 aliphatic carbocycles. The zero-order chi connectivity index (χ0) is 18.7. The van der Waals surface area contributed by atoms with Crippen molar-refractivity contribution in [2.75, 3.05) is 18.7 Å². The number of nitro benzene ring substituents is 1. The molecule has 0 saturated heterocycles. The van der Waals surface area contributed by atoms with Crippen molar-refractivity contribution in [3.63, 3.8) is 0 Å². The van der Waals surface area contributed by atoms with Crippen LogP contribution in [0.2, 0.25) is 0 Å². The van der Waals surface area contributed by atoms with Crippen molar-refractivity contribution < 1.29 is 28.7 Å². The van der Waals surface area contributed by atoms with Gasteiger partial charge in [-0.25, -0.2) is 0 Å². The monoisotopic (exact) mass is 358 g/mol. The van der Waals surface area contributed by atoms with Crippen LogP contribution in [-0.2, 0) is 4.79 Å². The molecule has 0 fully saturated rings. The summed E-state index contributed by atoms with van der Waals surface area (Å²) in [5.74, 6) is 0.444. The molecule has 0 aromatic heterocycles. The Labute approximate surface area is 147 Å². The van der Waals surface area contributed by atoms with Crippen molar-refractivity contribution >= 4 is 23.1 Å². The molecule has 9 heteroatoms. The summed E-state index contributed by atoms with van der Waals surface area (Å²) in [7, 11) is 0. The molecule has 9 nitrogen and oxygen atoms in total. The van der Waals surface area contributed by atoms with E-state index in [9.17, 15) is 19.7 Å². The molecule has 2 aromatic carbocycles. The molecular formula is C17H14N2O7. The van der Waals surface area contributed by atoms with Crippen molar-refractivity contribution in [3.8, 4) is 17.2 Å². The van der Waals surface area contributed by atoms with Gasteiger partial charge in [-0.2, -0.15) is 0 Å². The molecule has 26 heavy (non-hydrogen) atoms. The van der Waals surface area contributed by atoms with Gasteiger partial charge < -0.3 is 19.5 Å². The van der Waals surface area contributed by atoms with E-state index in [1.54, 1.807) is 0 Å². The van der Waals surface area contributed by atoms with E-state index < -0.39 is 10.8 Å². The molecule has 1 amide bonds. The second-order valence-electron chi connectivity index (χ2n) is 5.40. The van der Waals surface area contributed by atoms with Crippen LogP contribution in [0.3, 0.4) is 0 Å². The average Bonchev–Trinajstić information content (AvgIpc) is 3.06. The first kappa shape index (κ1) is 17.2. The van der Waals surface area contributed by atoms with Gasteiger partial charge in [-0.15, -0.1) is 0 Å². The lowest BCUT2D eigenvalue weighted by molar-refractivity contribution is -0.384. The minimum Gasteiger partial charge on any atom is -0.484 e. The van der Waals surface area contributed by atoms with E-state index in [2.05, 4.69) is 5.32 Å². The molecule has 0 saturated carbocycles. The zero-order valence-corrected chi connectivity index (χ0v) is 13.7. The van der Waals surface area contributed by atoms with Crippen molar-refractivity contribution in [1.29, 1.82) is 0 Å². The highest BCUT2D eigenvalue weighted by atomic mass is 16.7. The van der Waals surface area contributed by atoms with E-state index in [1.807, 2.05) is 0 Å². The predicted octanol–water partition coefficient (Wildman–Crippen LogP) is 2.54. The molecule has 0 bridgehead atoms. The molecule has 1 aliphatic rings. The predicted molar refractivity (Wildman–Crippen MR) is 89.8 cm³/mol. The molecule has 0 unspecified atom stereocenters. The number of carbonyl (C=O) groups excluding carboxylic acids is 2. The number of nitrogens with zero attached hydrogens (tertiary/aromatic N) is 1. The van der Waals surface area contributed by atoms with Gasteiger partial charge in [0.15, 0.2) is 23.9 Å². The van der Waals surface area contributed by atoms with Crippen LogP contribution in [0.25, 0.3) is 0 Å². The fourth-order valence-electron chi connectivity index (χ4n) is 2.34. The van der Waals surface area contributed by atoms with Gasteiger partial charge >= 0.3 is 0 Å². The molecule has 2 aromatic rings. The Bertz CT molecular complexity index is 877. The Balaban J connectivity index is 1.66. The van der Waals surface area contributed by atoms with Gasteiger partial charge in [0.05, 0.1) is 10.6 Å². The highest BCUT2D eigenvalue weighted by molar-refractivity contribution is 6.04. The molecular weight excluding hydrogens is 344 g/mol. The minimum atomic E-state index is -0.528. The van der Waals surface area contributed by atoms with Crippen molar-refractivity contribution in [1.82, 2.24) is 0 Å². The van der Waals surface area contributed by atoms with E-state index in [4.69, 9.17) is 14.2 Å². The fraction of sp³-hybridized carbons (Fsp3) is 0.176. The van der Waals surface area contributed by atoms with Crippen LogP contribution in [0.4, 0.5) is 11.4 Å². The number of hydrogen-bond acceptors (Lipinski definition) is 7. The largest absolute Gasteiger partial charge is 0.484 e. The summed E-state index contributed by atoms with van der Waals surface area (Å²) in [6, 6.07) is 8.37. The number of amides is 1. The number of nitro groups is 1. The summed E-state index contributed by atoms with van der Waals surface area (Å²) in [6.45, 7) is 1.09. The zero-order valence-electron chi connectivity index (χ0n) is 13.7. The number of ether oxygens (including phenoxy) is 3. The van der Waals surface area contributed by atoms with E-state index in [-0.39, 0.29) is 30.4 Å². The van der Waals surface area contributed by atoms with Crippen LogP contribution < -0.4 is 19.5 Å². The summed E-state index contributed by atoms with van der Waals surface area (Å²) in [4.78, 5) is 34.0. The fourth-order valence-corrected chi connectivity index (χ4v) is 2.34. The summed E-state index contributed by atoms with van der Waals surface area (Å²) in [5.41, 5.74) is 0.505. The van der Waals surface area contributed by atoms with Crippen molar-refractivity contribution in [3.05, 3.63) is 52.1 Å². The summed E-state index contributed by atoms with van der Waals surface area (Å²) in [5, 5.41) is 13.2. The maximum atomic E-state index is 12.1. The number of Topliss-reactive ketones (excluding diaryl/α,β-unsaturated/α-hetero) is 1. The minimum absolute atomic E-state index is 0.0489. The first-order valence-corrected chi connectivity index (χ1v) is 7.56. The number of benzene rings is 2. The molecule has 1 aliphatic heterocycles. The lowest BCUT2D eigenvalue weighted by atomic mass is 10.1. The van der Waals surface area contributed by atoms with Gasteiger partial charge in [0.25, 0.3) is 11.6 Å². The molecule has 0 spiro atoms. The van der Waals surface area contributed by atoms with Gasteiger partial charge in [0.2, 0.25) is 6.79 Å². The SMILES string of the molecule is CC(=O)c1cc2c(cc1NC(=O)COc1ccc([N+](=O)[O-])cc1)OCO2. The smallest absolute Gasteiger partial charge is 0.269 e. The van der Waals surface area contributed by atoms with Crippen LogP contribution in [-0.4, -0.2) is 30.0 Å². The number of rotatable bonds is 6. The number of nitrogens with one attached hydrogen (secondary N) is 1.